The summed E-state index contributed by atoms with van der Waals surface area (Å²) in [5, 5.41) is 12.6. The molecule has 3 saturated heterocycles. The average molecular weight is 284 g/mol. The fourth-order valence-corrected chi connectivity index (χ4v) is 4.66. The molecular formula is C13H20N2O3S. The molecule has 19 heavy (non-hydrogen) atoms. The minimum absolute atomic E-state index is 0.0498. The van der Waals surface area contributed by atoms with Gasteiger partial charge in [-0.25, -0.2) is 0 Å². The van der Waals surface area contributed by atoms with Crippen molar-refractivity contribution in [3.63, 3.8) is 0 Å². The monoisotopic (exact) mass is 284 g/mol. The maximum absolute atomic E-state index is 12.4. The number of hydrogen-bond acceptors (Lipinski definition) is 4. The summed E-state index contributed by atoms with van der Waals surface area (Å²) < 4.78 is 0. The minimum Gasteiger partial charge on any atom is -0.481 e. The van der Waals surface area contributed by atoms with Crippen LogP contribution in [-0.4, -0.2) is 58.1 Å². The predicted molar refractivity (Wildman–Crippen MR) is 73.1 cm³/mol. The molecule has 5 nitrogen and oxygen atoms in total. The van der Waals surface area contributed by atoms with E-state index in [1.807, 2.05) is 16.7 Å². The van der Waals surface area contributed by atoms with Crippen molar-refractivity contribution in [1.29, 1.82) is 0 Å². The van der Waals surface area contributed by atoms with Crippen LogP contribution in [0.3, 0.4) is 0 Å². The Morgan fingerprint density at radius 3 is 2.84 bits per heavy atom. The highest BCUT2D eigenvalue weighted by atomic mass is 32.2. The Kier molecular flexibility index (Phi) is 3.71. The molecular weight excluding hydrogens is 264 g/mol. The van der Waals surface area contributed by atoms with E-state index in [1.54, 1.807) is 0 Å². The highest BCUT2D eigenvalue weighted by Crippen LogP contribution is 2.42. The molecule has 3 heterocycles. The van der Waals surface area contributed by atoms with Crippen LogP contribution in [0.5, 0.6) is 0 Å². The number of fused-ring (bicyclic) bond motifs is 2. The van der Waals surface area contributed by atoms with Gasteiger partial charge in [0, 0.05) is 42.6 Å². The summed E-state index contributed by atoms with van der Waals surface area (Å²) in [4.78, 5) is 25.5. The van der Waals surface area contributed by atoms with Crippen LogP contribution in [0.25, 0.3) is 0 Å². The van der Waals surface area contributed by atoms with E-state index in [9.17, 15) is 14.7 Å². The van der Waals surface area contributed by atoms with E-state index in [2.05, 4.69) is 5.32 Å². The maximum Gasteiger partial charge on any atom is 0.308 e. The number of aliphatic carboxylic acids is 1. The minimum atomic E-state index is -0.739. The van der Waals surface area contributed by atoms with Crippen molar-refractivity contribution in [3.05, 3.63) is 0 Å². The normalized spacial score (nSPS) is 37.6. The molecule has 0 aliphatic carbocycles. The van der Waals surface area contributed by atoms with Crippen LogP contribution in [0, 0.1) is 5.92 Å². The Hall–Kier alpha value is -0.750. The van der Waals surface area contributed by atoms with Crippen LogP contribution in [0.2, 0.25) is 0 Å². The lowest BCUT2D eigenvalue weighted by Gasteiger charge is -2.28. The first-order chi connectivity index (χ1) is 9.16. The number of carbonyl (C=O) groups excluding carboxylic acids is 1. The standard InChI is InChI=1S/C13H20N2O3S/c16-12(5-8-7-19-4-3-14-8)15-9-1-2-11(15)10(6-9)13(17)18/h8-11,14H,1-7H2,(H,17,18). The zero-order chi connectivity index (χ0) is 13.4. The first-order valence-corrected chi connectivity index (χ1v) is 8.17. The summed E-state index contributed by atoms with van der Waals surface area (Å²) in [6.45, 7) is 0.965. The second kappa shape index (κ2) is 5.32. The molecule has 0 radical (unpaired) electrons. The molecule has 2 bridgehead atoms. The second-order valence-corrected chi connectivity index (χ2v) is 6.86. The van der Waals surface area contributed by atoms with Crippen LogP contribution in [0.15, 0.2) is 0 Å². The highest BCUT2D eigenvalue weighted by molar-refractivity contribution is 7.99. The fourth-order valence-electron chi connectivity index (χ4n) is 3.71. The van der Waals surface area contributed by atoms with Gasteiger partial charge < -0.3 is 15.3 Å². The van der Waals surface area contributed by atoms with E-state index in [4.69, 9.17) is 0 Å². The molecule has 6 heteroatoms. The van der Waals surface area contributed by atoms with E-state index in [-0.39, 0.29) is 30.0 Å². The smallest absolute Gasteiger partial charge is 0.308 e. The van der Waals surface area contributed by atoms with E-state index in [1.165, 1.54) is 0 Å². The number of carboxylic acid groups (broad SMARTS) is 1. The molecule has 3 aliphatic rings. The molecule has 4 unspecified atom stereocenters. The number of hydrogen-bond donors (Lipinski definition) is 2. The van der Waals surface area contributed by atoms with Gasteiger partial charge in [-0.05, 0) is 19.3 Å². The molecule has 0 spiro atoms. The summed E-state index contributed by atoms with van der Waals surface area (Å²) in [6, 6.07) is 0.385. The number of carboxylic acids is 1. The van der Waals surface area contributed by atoms with Crippen molar-refractivity contribution in [2.75, 3.05) is 18.1 Å². The Balaban J connectivity index is 1.62. The maximum atomic E-state index is 12.4. The number of rotatable bonds is 3. The average Bonchev–Trinajstić information content (AvgIpc) is 2.97. The molecule has 106 valence electrons. The summed E-state index contributed by atoms with van der Waals surface area (Å²) >= 11 is 1.88. The van der Waals surface area contributed by atoms with Crippen molar-refractivity contribution in [2.45, 2.75) is 43.8 Å². The molecule has 0 aromatic carbocycles. The van der Waals surface area contributed by atoms with E-state index in [0.29, 0.717) is 12.8 Å². The van der Waals surface area contributed by atoms with Gasteiger partial charge in [0.05, 0.1) is 5.92 Å². The van der Waals surface area contributed by atoms with Gasteiger partial charge in [0.2, 0.25) is 5.91 Å². The highest BCUT2D eigenvalue weighted by Gasteiger charge is 2.51. The van der Waals surface area contributed by atoms with E-state index < -0.39 is 5.97 Å². The third kappa shape index (κ3) is 2.48. The molecule has 3 fully saturated rings. The first kappa shape index (κ1) is 13.2. The predicted octanol–water partition coefficient (Wildman–Crippen LogP) is 0.546. The van der Waals surface area contributed by atoms with Gasteiger partial charge in [-0.1, -0.05) is 0 Å². The van der Waals surface area contributed by atoms with Crippen molar-refractivity contribution >= 4 is 23.6 Å². The Morgan fingerprint density at radius 2 is 2.21 bits per heavy atom. The molecule has 1 amide bonds. The molecule has 3 aliphatic heterocycles. The van der Waals surface area contributed by atoms with Crippen LogP contribution in [0.1, 0.15) is 25.7 Å². The summed E-state index contributed by atoms with van der Waals surface area (Å²) in [6.07, 6.45) is 3.01. The van der Waals surface area contributed by atoms with Crippen LogP contribution in [0.4, 0.5) is 0 Å². The summed E-state index contributed by atoms with van der Waals surface area (Å²) in [7, 11) is 0. The largest absolute Gasteiger partial charge is 0.481 e. The molecule has 0 aromatic heterocycles. The topological polar surface area (TPSA) is 69.6 Å². The van der Waals surface area contributed by atoms with Gasteiger partial charge in [-0.15, -0.1) is 0 Å². The van der Waals surface area contributed by atoms with Gasteiger partial charge in [0.25, 0.3) is 0 Å². The fraction of sp³-hybridized carbons (Fsp3) is 0.846. The number of amides is 1. The van der Waals surface area contributed by atoms with E-state index >= 15 is 0 Å². The Bertz CT molecular complexity index is 384. The lowest BCUT2D eigenvalue weighted by atomic mass is 9.89. The molecule has 4 atom stereocenters. The summed E-state index contributed by atoms with van der Waals surface area (Å²) in [5.41, 5.74) is 0. The van der Waals surface area contributed by atoms with Crippen LogP contribution in [-0.2, 0) is 9.59 Å². The molecule has 0 saturated carbocycles. The Morgan fingerprint density at radius 1 is 1.37 bits per heavy atom. The SMILES string of the molecule is O=C(O)C1CC2CCC1N2C(=O)CC1CSCCN1. The quantitative estimate of drug-likeness (QED) is 0.792. The van der Waals surface area contributed by atoms with Crippen molar-refractivity contribution in [1.82, 2.24) is 10.2 Å². The summed E-state index contributed by atoms with van der Waals surface area (Å²) in [5.74, 6) is 1.17. The van der Waals surface area contributed by atoms with Crippen molar-refractivity contribution in [2.24, 2.45) is 5.92 Å². The number of carbonyl (C=O) groups is 2. The van der Waals surface area contributed by atoms with Gasteiger partial charge >= 0.3 is 5.97 Å². The zero-order valence-electron chi connectivity index (χ0n) is 10.9. The first-order valence-electron chi connectivity index (χ1n) is 7.02. The Labute approximate surface area is 117 Å². The lowest BCUT2D eigenvalue weighted by molar-refractivity contribution is -0.143. The molecule has 3 rings (SSSR count). The van der Waals surface area contributed by atoms with Gasteiger partial charge in [-0.2, -0.15) is 11.8 Å². The molecule has 0 aromatic rings. The second-order valence-electron chi connectivity index (χ2n) is 5.71. The van der Waals surface area contributed by atoms with Crippen molar-refractivity contribution in [3.8, 4) is 0 Å². The van der Waals surface area contributed by atoms with Gasteiger partial charge in [0.1, 0.15) is 0 Å². The van der Waals surface area contributed by atoms with Crippen LogP contribution < -0.4 is 5.32 Å². The lowest BCUT2D eigenvalue weighted by Crippen LogP contribution is -2.44. The van der Waals surface area contributed by atoms with E-state index in [0.717, 1.165) is 30.9 Å². The zero-order valence-corrected chi connectivity index (χ0v) is 11.7. The molecule has 2 N–H and O–H groups in total. The third-order valence-corrected chi connectivity index (χ3v) is 5.69. The van der Waals surface area contributed by atoms with Crippen molar-refractivity contribution < 1.29 is 14.7 Å². The third-order valence-electron chi connectivity index (χ3n) is 4.56. The van der Waals surface area contributed by atoms with Crippen LogP contribution >= 0.6 is 11.8 Å². The number of nitrogens with one attached hydrogen (secondary N) is 1. The van der Waals surface area contributed by atoms with Gasteiger partial charge in [-0.3, -0.25) is 9.59 Å². The number of thioether (sulfide) groups is 1. The van der Waals surface area contributed by atoms with Gasteiger partial charge in [0.15, 0.2) is 0 Å². The number of nitrogens with zero attached hydrogens (tertiary/aromatic N) is 1.